The number of unbranched alkanes of at least 4 members (excludes halogenated alkanes) is 1. The summed E-state index contributed by atoms with van der Waals surface area (Å²) in [6.45, 7) is 9.46. The number of aromatic nitrogens is 3. The molecule has 7 nitrogen and oxygen atoms in total. The van der Waals surface area contributed by atoms with Gasteiger partial charge in [0.1, 0.15) is 11.5 Å². The van der Waals surface area contributed by atoms with E-state index in [9.17, 15) is 0 Å². The van der Waals surface area contributed by atoms with Crippen LogP contribution in [-0.4, -0.2) is 58.8 Å². The largest absolute Gasteiger partial charge is 0.493 e. The molecule has 3 aromatic rings. The summed E-state index contributed by atoms with van der Waals surface area (Å²) in [5.41, 5.74) is 3.96. The van der Waals surface area contributed by atoms with E-state index in [4.69, 9.17) is 13.9 Å². The number of likely N-dealkylation sites (tertiary alicyclic amines) is 1. The number of ether oxygens (including phenoxy) is 2. The number of fused-ring (bicyclic) bond motifs is 3. The van der Waals surface area contributed by atoms with E-state index in [1.54, 1.807) is 14.2 Å². The molecule has 3 heterocycles. The lowest BCUT2D eigenvalue weighted by molar-refractivity contribution is 0.227. The maximum atomic E-state index is 5.78. The van der Waals surface area contributed by atoms with Gasteiger partial charge in [-0.05, 0) is 88.4 Å². The van der Waals surface area contributed by atoms with E-state index in [1.165, 1.54) is 30.5 Å². The number of rotatable bonds is 11. The van der Waals surface area contributed by atoms with Crippen molar-refractivity contribution in [3.8, 4) is 22.9 Å². The Kier molecular flexibility index (Phi) is 8.15. The number of thioether (sulfide) groups is 1. The Bertz CT molecular complexity index is 1220. The van der Waals surface area contributed by atoms with Crippen molar-refractivity contribution in [3.63, 3.8) is 0 Å². The minimum atomic E-state index is 0.595. The van der Waals surface area contributed by atoms with Gasteiger partial charge in [0.25, 0.3) is 0 Å². The van der Waals surface area contributed by atoms with Crippen LogP contribution in [0, 0.1) is 13.8 Å². The molecule has 2 aliphatic rings. The van der Waals surface area contributed by atoms with Crippen molar-refractivity contribution in [2.45, 2.75) is 83.0 Å². The molecule has 0 amide bonds. The number of hydrogen-bond acceptors (Lipinski definition) is 7. The number of benzene rings is 1. The highest BCUT2D eigenvalue weighted by atomic mass is 32.2. The number of nitrogens with zero attached hydrogens (tertiary/aromatic N) is 4. The third-order valence-corrected chi connectivity index (χ3v) is 9.02. The first kappa shape index (κ1) is 26.2. The van der Waals surface area contributed by atoms with Gasteiger partial charge in [-0.2, -0.15) is 0 Å². The standard InChI is InChI=1S/C29H40N4O3S/c1-6-7-13-33-28(23-16-19(2)36-20(23)3)30-31-29(33)37-15-8-12-32-14-11-22-24-18-27(35-5)26(34-4)17-21(24)9-10-25(22)32/h16-18,22,25H,6-15H2,1-5H3. The van der Waals surface area contributed by atoms with Crippen LogP contribution in [0.3, 0.4) is 0 Å². The van der Waals surface area contributed by atoms with Gasteiger partial charge in [-0.1, -0.05) is 25.1 Å². The lowest BCUT2D eigenvalue weighted by atomic mass is 9.79. The third-order valence-electron chi connectivity index (χ3n) is 7.97. The Morgan fingerprint density at radius 1 is 1.03 bits per heavy atom. The molecule has 0 saturated carbocycles. The highest BCUT2D eigenvalue weighted by molar-refractivity contribution is 7.99. The summed E-state index contributed by atoms with van der Waals surface area (Å²) in [4.78, 5) is 2.72. The molecule has 2 atom stereocenters. The number of methoxy groups -OCH3 is 2. The van der Waals surface area contributed by atoms with Crippen molar-refractivity contribution in [1.29, 1.82) is 0 Å². The van der Waals surface area contributed by atoms with E-state index in [0.29, 0.717) is 12.0 Å². The SMILES string of the molecule is CCCCn1c(SCCCN2CCC3c4cc(OC)c(OC)cc4CCC32)nnc1-c1cc(C)oc1C. The van der Waals surface area contributed by atoms with Gasteiger partial charge in [0.15, 0.2) is 22.5 Å². The normalized spacial score (nSPS) is 19.2. The second-order valence-corrected chi connectivity index (χ2v) is 11.3. The molecule has 200 valence electrons. The molecule has 2 aromatic heterocycles. The van der Waals surface area contributed by atoms with E-state index < -0.39 is 0 Å². The predicted molar refractivity (Wildman–Crippen MR) is 148 cm³/mol. The van der Waals surface area contributed by atoms with Gasteiger partial charge in [0, 0.05) is 24.3 Å². The summed E-state index contributed by atoms with van der Waals surface area (Å²) in [6.07, 6.45) is 6.95. The van der Waals surface area contributed by atoms with Crippen molar-refractivity contribution in [2.24, 2.45) is 0 Å². The molecule has 1 fully saturated rings. The van der Waals surface area contributed by atoms with Crippen molar-refractivity contribution >= 4 is 11.8 Å². The van der Waals surface area contributed by atoms with Gasteiger partial charge < -0.3 is 18.5 Å². The van der Waals surface area contributed by atoms with Crippen LogP contribution in [0.1, 0.15) is 67.6 Å². The number of aryl methyl sites for hydroxylation is 3. The molecular weight excluding hydrogens is 484 g/mol. The van der Waals surface area contributed by atoms with Crippen LogP contribution in [0.15, 0.2) is 27.8 Å². The fraction of sp³-hybridized carbons (Fsp3) is 0.586. The second kappa shape index (κ2) is 11.5. The van der Waals surface area contributed by atoms with Crippen LogP contribution in [0.25, 0.3) is 11.4 Å². The molecule has 1 aromatic carbocycles. The molecule has 1 aliphatic carbocycles. The first-order chi connectivity index (χ1) is 18.0. The minimum Gasteiger partial charge on any atom is -0.493 e. The number of furan rings is 1. The summed E-state index contributed by atoms with van der Waals surface area (Å²) in [7, 11) is 3.45. The highest BCUT2D eigenvalue weighted by Gasteiger charge is 2.38. The Hall–Kier alpha value is -2.45. The van der Waals surface area contributed by atoms with Gasteiger partial charge in [0.2, 0.25) is 0 Å². The molecule has 0 N–H and O–H groups in total. The average molecular weight is 525 g/mol. The smallest absolute Gasteiger partial charge is 0.191 e. The molecule has 5 rings (SSSR count). The first-order valence-electron chi connectivity index (χ1n) is 13.7. The van der Waals surface area contributed by atoms with Crippen molar-refractivity contribution < 1.29 is 13.9 Å². The first-order valence-corrected chi connectivity index (χ1v) is 14.6. The second-order valence-electron chi connectivity index (χ2n) is 10.3. The van der Waals surface area contributed by atoms with Gasteiger partial charge >= 0.3 is 0 Å². The van der Waals surface area contributed by atoms with E-state index >= 15 is 0 Å². The van der Waals surface area contributed by atoms with Crippen LogP contribution in [0.2, 0.25) is 0 Å². The molecule has 0 spiro atoms. The van der Waals surface area contributed by atoms with E-state index in [2.05, 4.69) is 44.8 Å². The molecule has 1 aliphatic heterocycles. The summed E-state index contributed by atoms with van der Waals surface area (Å²) >= 11 is 1.84. The Balaban J connectivity index is 1.21. The van der Waals surface area contributed by atoms with Crippen LogP contribution in [0.4, 0.5) is 0 Å². The molecule has 8 heteroatoms. The number of hydrogen-bond donors (Lipinski definition) is 0. The van der Waals surface area contributed by atoms with Crippen molar-refractivity contribution in [3.05, 3.63) is 40.8 Å². The summed E-state index contributed by atoms with van der Waals surface area (Å²) in [5.74, 6) is 6.09. The fourth-order valence-corrected chi connectivity index (χ4v) is 7.03. The molecular formula is C29H40N4O3S. The average Bonchev–Trinajstić information content (AvgIpc) is 3.60. The lowest BCUT2D eigenvalue weighted by Gasteiger charge is -2.34. The highest BCUT2D eigenvalue weighted by Crippen LogP contribution is 2.45. The minimum absolute atomic E-state index is 0.595. The third kappa shape index (κ3) is 5.28. The van der Waals surface area contributed by atoms with Crippen molar-refractivity contribution in [2.75, 3.05) is 33.1 Å². The van der Waals surface area contributed by atoms with Gasteiger partial charge in [0.05, 0.1) is 19.8 Å². The van der Waals surface area contributed by atoms with Gasteiger partial charge in [-0.15, -0.1) is 10.2 Å². The Morgan fingerprint density at radius 3 is 2.57 bits per heavy atom. The van der Waals surface area contributed by atoms with Gasteiger partial charge in [-0.25, -0.2) is 0 Å². The van der Waals surface area contributed by atoms with Crippen LogP contribution in [-0.2, 0) is 13.0 Å². The summed E-state index contributed by atoms with van der Waals surface area (Å²) in [6, 6.07) is 7.13. The van der Waals surface area contributed by atoms with Crippen molar-refractivity contribution in [1.82, 2.24) is 19.7 Å². The molecule has 0 radical (unpaired) electrons. The zero-order valence-corrected chi connectivity index (χ0v) is 23.7. The summed E-state index contributed by atoms with van der Waals surface area (Å²) in [5, 5.41) is 10.2. The lowest BCUT2D eigenvalue weighted by Crippen LogP contribution is -2.35. The topological polar surface area (TPSA) is 65.5 Å². The fourth-order valence-electron chi connectivity index (χ4n) is 6.14. The van der Waals surface area contributed by atoms with E-state index in [0.717, 1.165) is 84.1 Å². The molecule has 1 saturated heterocycles. The summed E-state index contributed by atoms with van der Waals surface area (Å²) < 4.78 is 19.2. The molecule has 37 heavy (non-hydrogen) atoms. The van der Waals surface area contributed by atoms with E-state index in [1.807, 2.05) is 25.6 Å². The van der Waals surface area contributed by atoms with Gasteiger partial charge in [-0.3, -0.25) is 4.90 Å². The zero-order valence-electron chi connectivity index (χ0n) is 22.9. The Morgan fingerprint density at radius 2 is 1.84 bits per heavy atom. The van der Waals surface area contributed by atoms with Crippen LogP contribution < -0.4 is 9.47 Å². The zero-order chi connectivity index (χ0) is 25.9. The molecule has 0 bridgehead atoms. The maximum Gasteiger partial charge on any atom is 0.191 e. The quantitative estimate of drug-likeness (QED) is 0.217. The maximum absolute atomic E-state index is 5.78. The monoisotopic (exact) mass is 524 g/mol. The van der Waals surface area contributed by atoms with Crippen LogP contribution >= 0.6 is 11.8 Å². The Labute approximate surface area is 224 Å². The van der Waals surface area contributed by atoms with Crippen LogP contribution in [0.5, 0.6) is 11.5 Å². The predicted octanol–water partition coefficient (Wildman–Crippen LogP) is 6.26. The molecule has 2 unspecified atom stereocenters. The van der Waals surface area contributed by atoms with E-state index in [-0.39, 0.29) is 0 Å².